The molecule has 0 fully saturated rings. The van der Waals surface area contributed by atoms with Gasteiger partial charge in [-0.1, -0.05) is 167 Å². The van der Waals surface area contributed by atoms with Gasteiger partial charge in [0.15, 0.2) is 0 Å². The van der Waals surface area contributed by atoms with Gasteiger partial charge in [0, 0.05) is 66.9 Å². The van der Waals surface area contributed by atoms with Gasteiger partial charge in [0.2, 0.25) is 0 Å². The molecule has 9 aromatic rings. The average Bonchev–Trinajstić information content (AvgIpc) is 3.87. The van der Waals surface area contributed by atoms with Crippen LogP contribution in [0.4, 0.5) is 22.7 Å². The molecule has 0 bridgehead atoms. The molecule has 0 unspecified atom stereocenters. The van der Waals surface area contributed by atoms with Gasteiger partial charge in [0.05, 0.1) is 0 Å². The Kier molecular flexibility index (Phi) is 12.5. The smallest absolute Gasteiger partial charge is 0.135 e. The van der Waals surface area contributed by atoms with Crippen molar-refractivity contribution in [2.24, 2.45) is 0 Å². The van der Waals surface area contributed by atoms with Crippen LogP contribution >= 0.6 is 0 Å². The Morgan fingerprint density at radius 3 is 1.81 bits per heavy atom. The van der Waals surface area contributed by atoms with Crippen LogP contribution in [-0.2, 0) is 42.7 Å². The number of ether oxygens (including phenoxy) is 1. The van der Waals surface area contributed by atoms with Crippen LogP contribution in [0.5, 0.6) is 11.5 Å². The monoisotopic (exact) mass is 1100 g/mol. The quantitative estimate of drug-likeness (QED) is 0.149. The molecule has 0 radical (unpaired) electrons. The number of hydrogen-bond acceptors (Lipinski definition) is 4. The van der Waals surface area contributed by atoms with E-state index < -0.39 is 0 Å². The largest absolute Gasteiger partial charge is 0.509 e. The molecule has 70 heavy (non-hydrogen) atoms. The van der Waals surface area contributed by atoms with Gasteiger partial charge in [-0.3, -0.25) is 0 Å². The van der Waals surface area contributed by atoms with E-state index in [1.807, 2.05) is 24.4 Å². The van der Waals surface area contributed by atoms with Gasteiger partial charge in [-0.2, -0.15) is 12.1 Å². The van der Waals surface area contributed by atoms with Crippen LogP contribution in [0.25, 0.3) is 49.9 Å². The molecular formula is C64H63N4OPt-3. The summed E-state index contributed by atoms with van der Waals surface area (Å²) in [5, 5.41) is 2.26. The molecule has 3 heterocycles. The second-order valence-electron chi connectivity index (χ2n) is 22.8. The van der Waals surface area contributed by atoms with Crippen LogP contribution in [-0.4, -0.2) is 9.55 Å². The topological polar surface area (TPSA) is 33.5 Å². The van der Waals surface area contributed by atoms with Crippen molar-refractivity contribution in [3.05, 3.63) is 199 Å². The van der Waals surface area contributed by atoms with Crippen molar-refractivity contribution in [1.82, 2.24) is 9.55 Å². The van der Waals surface area contributed by atoms with Crippen molar-refractivity contribution in [2.75, 3.05) is 9.80 Å². The number of nitrogens with zero attached hydrogens (tertiary/aromatic N) is 4. The third-order valence-electron chi connectivity index (χ3n) is 13.5. The molecule has 6 heteroatoms. The first-order valence-electron chi connectivity index (χ1n) is 24.3. The molecule has 1 aliphatic rings. The number of benzene rings is 7. The first kappa shape index (κ1) is 48.6. The minimum Gasteiger partial charge on any atom is -0.509 e. The van der Waals surface area contributed by atoms with E-state index in [2.05, 4.69) is 250 Å². The summed E-state index contributed by atoms with van der Waals surface area (Å²) in [4.78, 5) is 9.57. The van der Waals surface area contributed by atoms with Crippen molar-refractivity contribution in [1.29, 1.82) is 0 Å². The summed E-state index contributed by atoms with van der Waals surface area (Å²) >= 11 is 0. The van der Waals surface area contributed by atoms with Gasteiger partial charge in [-0.15, -0.1) is 48.1 Å². The third-order valence-corrected chi connectivity index (χ3v) is 13.5. The molecule has 5 nitrogen and oxygen atoms in total. The predicted molar refractivity (Wildman–Crippen MR) is 290 cm³/mol. The first-order valence-corrected chi connectivity index (χ1v) is 24.3. The van der Waals surface area contributed by atoms with E-state index in [0.717, 1.165) is 56.1 Å². The van der Waals surface area contributed by atoms with E-state index in [1.165, 1.54) is 38.8 Å². The Bertz CT molecular complexity index is 3360. The maximum atomic E-state index is 6.78. The second kappa shape index (κ2) is 18.1. The van der Waals surface area contributed by atoms with E-state index in [4.69, 9.17) is 9.72 Å². The maximum absolute atomic E-state index is 6.78. The van der Waals surface area contributed by atoms with Crippen molar-refractivity contribution in [3.63, 3.8) is 0 Å². The summed E-state index contributed by atoms with van der Waals surface area (Å²) in [6.45, 7) is 29.5. The summed E-state index contributed by atoms with van der Waals surface area (Å²) < 4.78 is 9.02. The molecule has 1 aliphatic heterocycles. The fourth-order valence-corrected chi connectivity index (χ4v) is 9.40. The van der Waals surface area contributed by atoms with Crippen molar-refractivity contribution >= 4 is 44.6 Å². The normalized spacial score (nSPS) is 13.2. The van der Waals surface area contributed by atoms with Crippen LogP contribution in [0, 0.1) is 18.8 Å². The number of anilines is 4. The molecular weight excluding hydrogens is 1040 g/mol. The molecule has 0 saturated carbocycles. The fraction of sp³-hybridized carbons (Fsp3) is 0.250. The van der Waals surface area contributed by atoms with E-state index >= 15 is 0 Å². The molecule has 2 aromatic heterocycles. The van der Waals surface area contributed by atoms with Crippen LogP contribution < -0.4 is 14.5 Å². The van der Waals surface area contributed by atoms with Gasteiger partial charge < -0.3 is 19.1 Å². The van der Waals surface area contributed by atoms with E-state index in [9.17, 15) is 0 Å². The van der Waals surface area contributed by atoms with Crippen LogP contribution in [0.2, 0.25) is 0 Å². The third kappa shape index (κ3) is 9.34. The number of pyridine rings is 1. The van der Waals surface area contributed by atoms with Gasteiger partial charge in [-0.05, 0) is 108 Å². The number of fused-ring (bicyclic) bond motifs is 4. The second-order valence-corrected chi connectivity index (χ2v) is 22.8. The number of rotatable bonds is 7. The summed E-state index contributed by atoms with van der Waals surface area (Å²) in [6.07, 6.45) is 1.92. The Morgan fingerprint density at radius 2 is 1.11 bits per heavy atom. The standard InChI is InChI=1S/C64H63N4O.Pt/c1-61(2,3)45-27-30-56-55(37-45)54-29-28-52(40-58(54)68(56)59-38-46(31-32-65-59)62(4,5)6)69-51-24-17-23-49(39-51)66-41-67(50-35-47(63(7,8)9)34-48(36-50)64(10,11)12)60-53(25-18-26-57(60)66)44-22-16-21-43(33-44)42-19-14-13-15-20-42;/h13-38,41H,1-12H3;/q-3;. The minimum atomic E-state index is -0.0576. The minimum absolute atomic E-state index is 0. The van der Waals surface area contributed by atoms with E-state index in [1.54, 1.807) is 0 Å². The first-order chi connectivity index (χ1) is 32.7. The van der Waals surface area contributed by atoms with Crippen LogP contribution in [0.1, 0.15) is 105 Å². The van der Waals surface area contributed by atoms with Crippen molar-refractivity contribution < 1.29 is 25.8 Å². The Balaban J connectivity index is 0.00000608. The SMILES string of the molecule is CC(C)(C)c1cc(N2[CH-]N(c3[c-]c(Oc4[c-]c5c(cc4)c4cc(C(C)(C)C)ccc4n5-c4cc(C(C)(C)C)ccn4)ccc3)c3cccc(-c4cccc(-c5ccccc5)c4)c32)cc(C(C)(C)C)c1.[Pt]. The molecule has 0 atom stereocenters. The predicted octanol–water partition coefficient (Wildman–Crippen LogP) is 17.5. The Morgan fingerprint density at radius 1 is 0.486 bits per heavy atom. The molecule has 0 aliphatic carbocycles. The van der Waals surface area contributed by atoms with Gasteiger partial charge >= 0.3 is 0 Å². The van der Waals surface area contributed by atoms with Gasteiger partial charge in [0.25, 0.3) is 0 Å². The molecule has 0 N–H and O–H groups in total. The molecule has 0 amide bonds. The molecule has 10 rings (SSSR count). The fourth-order valence-electron chi connectivity index (χ4n) is 9.40. The average molecular weight is 1100 g/mol. The van der Waals surface area contributed by atoms with Crippen molar-refractivity contribution in [2.45, 2.75) is 105 Å². The molecule has 7 aromatic carbocycles. The van der Waals surface area contributed by atoms with E-state index in [-0.39, 0.29) is 42.7 Å². The summed E-state index contributed by atoms with van der Waals surface area (Å²) in [6, 6.07) is 62.1. The van der Waals surface area contributed by atoms with Crippen LogP contribution in [0.3, 0.4) is 0 Å². The van der Waals surface area contributed by atoms with E-state index in [0.29, 0.717) is 11.5 Å². The zero-order chi connectivity index (χ0) is 48.6. The Labute approximate surface area is 430 Å². The van der Waals surface area contributed by atoms with Crippen LogP contribution in [0.15, 0.2) is 158 Å². The summed E-state index contributed by atoms with van der Waals surface area (Å²) in [5.41, 5.74) is 15.7. The summed E-state index contributed by atoms with van der Waals surface area (Å²) in [7, 11) is 0. The molecule has 358 valence electrons. The summed E-state index contributed by atoms with van der Waals surface area (Å²) in [5.74, 6) is 2.05. The number of hydrogen-bond donors (Lipinski definition) is 0. The number of para-hydroxylation sites is 1. The zero-order valence-electron chi connectivity index (χ0n) is 42.6. The zero-order valence-corrected chi connectivity index (χ0v) is 44.9. The van der Waals surface area contributed by atoms with Crippen molar-refractivity contribution in [3.8, 4) is 39.6 Å². The molecule has 0 spiro atoms. The van der Waals surface area contributed by atoms with Gasteiger partial charge in [0.1, 0.15) is 5.82 Å². The Hall–Kier alpha value is -6.42. The maximum Gasteiger partial charge on any atom is 0.135 e. The van der Waals surface area contributed by atoms with Gasteiger partial charge in [-0.25, -0.2) is 4.98 Å². The molecule has 0 saturated heterocycles. The number of aromatic nitrogens is 2.